The van der Waals surface area contributed by atoms with Crippen LogP contribution in [0.3, 0.4) is 0 Å². The highest BCUT2D eigenvalue weighted by atomic mass is 16.2. The number of carbonyl (C=O) groups excluding carboxylic acids is 2. The number of likely N-dealkylation sites (N-methyl/N-ethyl adjacent to an activating group) is 1. The molecule has 1 atom stereocenters. The Morgan fingerprint density at radius 1 is 1.33 bits per heavy atom. The van der Waals surface area contributed by atoms with Crippen LogP contribution in [0.5, 0.6) is 0 Å². The Hall–Kier alpha value is -2.43. The predicted octanol–water partition coefficient (Wildman–Crippen LogP) is 1.55. The first-order chi connectivity index (χ1) is 8.66. The van der Waals surface area contributed by atoms with Crippen LogP contribution in [0.25, 0.3) is 0 Å². The molecule has 1 N–H and O–H groups in total. The SMILES string of the molecule is CN1C(=O)N/C(=C\C2C=Nc3ccccc32)C1=O. The molecule has 0 radical (unpaired) electrons. The summed E-state index contributed by atoms with van der Waals surface area (Å²) in [5, 5.41) is 2.55. The molecule has 18 heavy (non-hydrogen) atoms. The number of nitrogens with one attached hydrogen (secondary N) is 1. The molecule has 3 rings (SSSR count). The number of urea groups is 1. The second-order valence-corrected chi connectivity index (χ2v) is 4.24. The third-order valence-electron chi connectivity index (χ3n) is 3.10. The van der Waals surface area contributed by atoms with Crippen molar-refractivity contribution in [1.82, 2.24) is 10.2 Å². The van der Waals surface area contributed by atoms with Gasteiger partial charge in [0.05, 0.1) is 5.69 Å². The molecule has 0 bridgehead atoms. The topological polar surface area (TPSA) is 61.8 Å². The van der Waals surface area contributed by atoms with Gasteiger partial charge < -0.3 is 5.32 Å². The van der Waals surface area contributed by atoms with Crippen LogP contribution in [0, 0.1) is 0 Å². The van der Waals surface area contributed by atoms with Crippen molar-refractivity contribution in [2.75, 3.05) is 7.05 Å². The molecule has 1 fully saturated rings. The van der Waals surface area contributed by atoms with Crippen molar-refractivity contribution < 1.29 is 9.59 Å². The molecule has 90 valence electrons. The molecule has 1 aromatic rings. The Morgan fingerprint density at radius 3 is 2.83 bits per heavy atom. The van der Waals surface area contributed by atoms with Crippen molar-refractivity contribution in [2.24, 2.45) is 4.99 Å². The van der Waals surface area contributed by atoms with Crippen molar-refractivity contribution in [3.05, 3.63) is 41.6 Å². The van der Waals surface area contributed by atoms with Gasteiger partial charge in [0, 0.05) is 19.2 Å². The summed E-state index contributed by atoms with van der Waals surface area (Å²) < 4.78 is 0. The number of amides is 3. The van der Waals surface area contributed by atoms with Crippen LogP contribution in [0.2, 0.25) is 0 Å². The Bertz CT molecular complexity index is 604. The van der Waals surface area contributed by atoms with E-state index < -0.39 is 6.03 Å². The first-order valence-corrected chi connectivity index (χ1v) is 5.61. The van der Waals surface area contributed by atoms with Crippen LogP contribution >= 0.6 is 0 Å². The fraction of sp³-hybridized carbons (Fsp3) is 0.154. The van der Waals surface area contributed by atoms with Crippen molar-refractivity contribution >= 4 is 23.8 Å². The average molecular weight is 241 g/mol. The maximum atomic E-state index is 11.7. The Labute approximate surface area is 104 Å². The summed E-state index contributed by atoms with van der Waals surface area (Å²) in [5.41, 5.74) is 2.27. The number of rotatable bonds is 1. The van der Waals surface area contributed by atoms with E-state index in [-0.39, 0.29) is 11.8 Å². The largest absolute Gasteiger partial charge is 0.328 e. The van der Waals surface area contributed by atoms with Crippen molar-refractivity contribution in [3.63, 3.8) is 0 Å². The van der Waals surface area contributed by atoms with E-state index in [1.54, 1.807) is 12.3 Å². The minimum atomic E-state index is -0.394. The van der Waals surface area contributed by atoms with Crippen LogP contribution in [-0.2, 0) is 4.79 Å². The number of para-hydroxylation sites is 1. The fourth-order valence-corrected chi connectivity index (χ4v) is 2.08. The Kier molecular flexibility index (Phi) is 2.26. The van der Waals surface area contributed by atoms with Gasteiger partial charge in [-0.1, -0.05) is 18.2 Å². The van der Waals surface area contributed by atoms with Gasteiger partial charge in [0.25, 0.3) is 5.91 Å². The van der Waals surface area contributed by atoms with Crippen LogP contribution in [0.15, 0.2) is 41.0 Å². The quantitative estimate of drug-likeness (QED) is 0.599. The number of benzene rings is 1. The third kappa shape index (κ3) is 1.52. The molecular weight excluding hydrogens is 230 g/mol. The monoisotopic (exact) mass is 241 g/mol. The van der Waals surface area contributed by atoms with E-state index in [9.17, 15) is 9.59 Å². The molecule has 1 unspecified atom stereocenters. The molecule has 0 aromatic heterocycles. The molecule has 0 saturated carbocycles. The molecule has 2 aliphatic heterocycles. The number of nitrogens with zero attached hydrogens (tertiary/aromatic N) is 2. The highest BCUT2D eigenvalue weighted by Crippen LogP contribution is 2.33. The van der Waals surface area contributed by atoms with E-state index in [2.05, 4.69) is 10.3 Å². The summed E-state index contributed by atoms with van der Waals surface area (Å²) in [6.07, 6.45) is 3.51. The molecule has 0 spiro atoms. The maximum Gasteiger partial charge on any atom is 0.328 e. The molecule has 2 aliphatic rings. The van der Waals surface area contributed by atoms with E-state index in [1.165, 1.54) is 7.05 Å². The van der Waals surface area contributed by atoms with E-state index >= 15 is 0 Å². The smallest absolute Gasteiger partial charge is 0.303 e. The number of hydrogen-bond donors (Lipinski definition) is 1. The lowest BCUT2D eigenvalue weighted by Gasteiger charge is -2.04. The van der Waals surface area contributed by atoms with Crippen LogP contribution in [-0.4, -0.2) is 30.1 Å². The summed E-state index contributed by atoms with van der Waals surface area (Å²) in [5.74, 6) is -0.371. The first kappa shape index (κ1) is 10.7. The molecule has 2 heterocycles. The van der Waals surface area contributed by atoms with Crippen LogP contribution in [0.1, 0.15) is 11.5 Å². The molecule has 1 saturated heterocycles. The second kappa shape index (κ2) is 3.80. The maximum absolute atomic E-state index is 11.7. The van der Waals surface area contributed by atoms with Gasteiger partial charge in [-0.15, -0.1) is 0 Å². The van der Waals surface area contributed by atoms with Crippen molar-refractivity contribution in [1.29, 1.82) is 0 Å². The zero-order chi connectivity index (χ0) is 12.7. The van der Waals surface area contributed by atoms with Crippen molar-refractivity contribution in [3.8, 4) is 0 Å². The highest BCUT2D eigenvalue weighted by Gasteiger charge is 2.31. The van der Waals surface area contributed by atoms with E-state index in [0.717, 1.165) is 16.2 Å². The lowest BCUT2D eigenvalue weighted by Crippen LogP contribution is -2.25. The third-order valence-corrected chi connectivity index (χ3v) is 3.10. The normalized spacial score (nSPS) is 23.7. The van der Waals surface area contributed by atoms with Crippen LogP contribution in [0.4, 0.5) is 10.5 Å². The van der Waals surface area contributed by atoms with Crippen molar-refractivity contribution in [2.45, 2.75) is 5.92 Å². The Balaban J connectivity index is 1.94. The zero-order valence-electron chi connectivity index (χ0n) is 9.75. The molecule has 1 aromatic carbocycles. The van der Waals surface area contributed by atoms with Gasteiger partial charge in [0.2, 0.25) is 0 Å². The standard InChI is InChI=1S/C13H11N3O2/c1-16-12(17)11(15-13(16)18)6-8-7-14-10-5-3-2-4-9(8)10/h2-8H,1H3,(H,15,18)/b11-6-. The lowest BCUT2D eigenvalue weighted by atomic mass is 10.00. The fourth-order valence-electron chi connectivity index (χ4n) is 2.08. The van der Waals surface area contributed by atoms with Gasteiger partial charge in [-0.05, 0) is 17.7 Å². The van der Waals surface area contributed by atoms with E-state index in [1.807, 2.05) is 24.3 Å². The number of allylic oxidation sites excluding steroid dienone is 1. The minimum absolute atomic E-state index is 0.0630. The summed E-state index contributed by atoms with van der Waals surface area (Å²) in [6.45, 7) is 0. The molecule has 5 nitrogen and oxygen atoms in total. The van der Waals surface area contributed by atoms with Gasteiger partial charge in [-0.25, -0.2) is 4.79 Å². The molecule has 5 heteroatoms. The number of fused-ring (bicyclic) bond motifs is 1. The molecular formula is C13H11N3O2. The van der Waals surface area contributed by atoms with Gasteiger partial charge >= 0.3 is 6.03 Å². The average Bonchev–Trinajstić information content (AvgIpc) is 2.89. The highest BCUT2D eigenvalue weighted by molar-refractivity contribution is 6.11. The van der Waals surface area contributed by atoms with Gasteiger partial charge in [-0.2, -0.15) is 0 Å². The van der Waals surface area contributed by atoms with Gasteiger partial charge in [0.1, 0.15) is 5.70 Å². The lowest BCUT2D eigenvalue weighted by molar-refractivity contribution is -0.122. The van der Waals surface area contributed by atoms with E-state index in [0.29, 0.717) is 5.70 Å². The first-order valence-electron chi connectivity index (χ1n) is 5.61. The summed E-state index contributed by atoms with van der Waals surface area (Å²) in [4.78, 5) is 28.4. The number of hydrogen-bond acceptors (Lipinski definition) is 3. The second-order valence-electron chi connectivity index (χ2n) is 4.24. The summed E-state index contributed by atoms with van der Waals surface area (Å²) in [7, 11) is 1.45. The number of aliphatic imine (C=N–C) groups is 1. The number of imide groups is 1. The minimum Gasteiger partial charge on any atom is -0.303 e. The molecule has 0 aliphatic carbocycles. The predicted molar refractivity (Wildman–Crippen MR) is 66.7 cm³/mol. The summed E-state index contributed by atoms with van der Waals surface area (Å²) in [6, 6.07) is 7.34. The Morgan fingerprint density at radius 2 is 2.11 bits per heavy atom. The zero-order valence-corrected chi connectivity index (χ0v) is 9.75. The summed E-state index contributed by atoms with van der Waals surface area (Å²) >= 11 is 0. The number of carbonyl (C=O) groups is 2. The van der Waals surface area contributed by atoms with Gasteiger partial charge in [0.15, 0.2) is 0 Å². The van der Waals surface area contributed by atoms with E-state index in [4.69, 9.17) is 0 Å². The van der Waals surface area contributed by atoms with Gasteiger partial charge in [-0.3, -0.25) is 14.7 Å². The molecule has 3 amide bonds. The van der Waals surface area contributed by atoms with Crippen LogP contribution < -0.4 is 5.32 Å².